The van der Waals surface area contributed by atoms with Gasteiger partial charge in [0.25, 0.3) is 0 Å². The number of aliphatic hydroxyl groups excluding tert-OH is 1. The molecule has 0 heterocycles. The summed E-state index contributed by atoms with van der Waals surface area (Å²) in [4.78, 5) is 10.8. The van der Waals surface area contributed by atoms with Crippen LogP contribution in [0.15, 0.2) is 0 Å². The second-order valence-corrected chi connectivity index (χ2v) is 5.79. The number of hydrogen-bond donors (Lipinski definition) is 3. The first-order chi connectivity index (χ1) is 7.36. The average molecular weight is 229 g/mol. The van der Waals surface area contributed by atoms with Crippen molar-refractivity contribution in [1.82, 2.24) is 5.32 Å². The van der Waals surface area contributed by atoms with E-state index < -0.39 is 5.97 Å². The van der Waals surface area contributed by atoms with Crippen LogP contribution in [0.1, 0.15) is 33.6 Å². The van der Waals surface area contributed by atoms with Crippen molar-refractivity contribution in [2.45, 2.75) is 39.7 Å². The van der Waals surface area contributed by atoms with E-state index in [0.29, 0.717) is 6.54 Å². The van der Waals surface area contributed by atoms with Gasteiger partial charge in [-0.05, 0) is 30.7 Å². The molecule has 1 aliphatic rings. The van der Waals surface area contributed by atoms with Gasteiger partial charge in [-0.2, -0.15) is 0 Å². The molecule has 0 radical (unpaired) electrons. The lowest BCUT2D eigenvalue weighted by Crippen LogP contribution is -2.48. The third kappa shape index (κ3) is 3.19. The predicted molar refractivity (Wildman–Crippen MR) is 62.2 cm³/mol. The molecule has 0 aromatic rings. The van der Waals surface area contributed by atoms with Crippen LogP contribution in [0.2, 0.25) is 0 Å². The molecule has 3 atom stereocenters. The zero-order valence-corrected chi connectivity index (χ0v) is 10.4. The van der Waals surface area contributed by atoms with E-state index >= 15 is 0 Å². The molecule has 4 nitrogen and oxygen atoms in total. The van der Waals surface area contributed by atoms with E-state index in [4.69, 9.17) is 5.11 Å². The largest absolute Gasteiger partial charge is 0.481 e. The Bertz CT molecular complexity index is 247. The third-order valence-corrected chi connectivity index (χ3v) is 3.59. The van der Waals surface area contributed by atoms with Gasteiger partial charge in [-0.1, -0.05) is 20.8 Å². The van der Waals surface area contributed by atoms with E-state index in [1.54, 1.807) is 0 Å². The van der Waals surface area contributed by atoms with Crippen LogP contribution >= 0.6 is 0 Å². The number of carbonyl (C=O) groups is 1. The van der Waals surface area contributed by atoms with Crippen LogP contribution in [0.3, 0.4) is 0 Å². The van der Waals surface area contributed by atoms with E-state index in [2.05, 4.69) is 26.1 Å². The van der Waals surface area contributed by atoms with Gasteiger partial charge in [-0.25, -0.2) is 0 Å². The summed E-state index contributed by atoms with van der Waals surface area (Å²) < 4.78 is 0. The van der Waals surface area contributed by atoms with Crippen molar-refractivity contribution in [1.29, 1.82) is 0 Å². The number of aliphatic hydroxyl groups is 1. The Morgan fingerprint density at radius 2 is 2.06 bits per heavy atom. The maximum Gasteiger partial charge on any atom is 0.306 e. The summed E-state index contributed by atoms with van der Waals surface area (Å²) in [7, 11) is 0. The summed E-state index contributed by atoms with van der Waals surface area (Å²) in [6.07, 6.45) is 1.77. The van der Waals surface area contributed by atoms with Crippen LogP contribution in [-0.4, -0.2) is 35.4 Å². The van der Waals surface area contributed by atoms with Gasteiger partial charge in [0.2, 0.25) is 0 Å². The zero-order chi connectivity index (χ0) is 12.3. The van der Waals surface area contributed by atoms with Crippen LogP contribution in [0.4, 0.5) is 0 Å². The Morgan fingerprint density at radius 1 is 1.44 bits per heavy atom. The Kier molecular flexibility index (Phi) is 4.33. The summed E-state index contributed by atoms with van der Waals surface area (Å²) >= 11 is 0. The number of carboxylic acids is 1. The first-order valence-electron chi connectivity index (χ1n) is 5.93. The van der Waals surface area contributed by atoms with Gasteiger partial charge < -0.3 is 15.5 Å². The van der Waals surface area contributed by atoms with Crippen LogP contribution in [0.5, 0.6) is 0 Å². The summed E-state index contributed by atoms with van der Waals surface area (Å²) in [5.41, 5.74) is -0.00276. The number of nitrogens with one attached hydrogen (secondary N) is 1. The van der Waals surface area contributed by atoms with Crippen LogP contribution < -0.4 is 5.32 Å². The molecule has 1 saturated carbocycles. The van der Waals surface area contributed by atoms with E-state index in [-0.39, 0.29) is 29.9 Å². The normalized spacial score (nSPS) is 27.2. The molecule has 3 N–H and O–H groups in total. The molecule has 0 saturated heterocycles. The average Bonchev–Trinajstić information content (AvgIpc) is 2.06. The highest BCUT2D eigenvalue weighted by Gasteiger charge is 2.37. The van der Waals surface area contributed by atoms with Crippen molar-refractivity contribution in [3.05, 3.63) is 0 Å². The number of aliphatic carboxylic acids is 1. The molecule has 1 fully saturated rings. The Labute approximate surface area is 97.0 Å². The highest BCUT2D eigenvalue weighted by atomic mass is 16.4. The van der Waals surface area contributed by atoms with E-state index in [0.717, 1.165) is 12.8 Å². The van der Waals surface area contributed by atoms with Gasteiger partial charge in [0.15, 0.2) is 0 Å². The van der Waals surface area contributed by atoms with E-state index in [1.807, 2.05) is 0 Å². The molecule has 0 aliphatic heterocycles. The molecule has 1 rings (SSSR count). The summed E-state index contributed by atoms with van der Waals surface area (Å²) in [6.45, 7) is 6.98. The van der Waals surface area contributed by atoms with Gasteiger partial charge in [0.1, 0.15) is 0 Å². The Morgan fingerprint density at radius 3 is 2.38 bits per heavy atom. The van der Waals surface area contributed by atoms with Gasteiger partial charge in [-0.15, -0.1) is 0 Å². The minimum absolute atomic E-state index is 0.00276. The fourth-order valence-electron chi connectivity index (χ4n) is 2.08. The van der Waals surface area contributed by atoms with Crippen molar-refractivity contribution in [3.8, 4) is 0 Å². The molecular weight excluding hydrogens is 206 g/mol. The van der Waals surface area contributed by atoms with E-state index in [9.17, 15) is 9.90 Å². The third-order valence-electron chi connectivity index (χ3n) is 3.59. The molecule has 0 spiro atoms. The van der Waals surface area contributed by atoms with Crippen molar-refractivity contribution < 1.29 is 15.0 Å². The molecule has 0 aromatic carbocycles. The quantitative estimate of drug-likeness (QED) is 0.660. The fraction of sp³-hybridized carbons (Fsp3) is 0.917. The molecular formula is C12H23NO3. The number of carboxylic acid groups (broad SMARTS) is 1. The van der Waals surface area contributed by atoms with Gasteiger partial charge in [-0.3, -0.25) is 4.79 Å². The lowest BCUT2D eigenvalue weighted by molar-refractivity contribution is -0.147. The Hall–Kier alpha value is -0.610. The minimum atomic E-state index is -0.686. The predicted octanol–water partition coefficient (Wildman–Crippen LogP) is 1.09. The van der Waals surface area contributed by atoms with Crippen LogP contribution in [-0.2, 0) is 4.79 Å². The standard InChI is InChI=1S/C12H23NO3/c1-12(2,3)10(7-14)13-6-8-4-5-9(8)11(15)16/h8-10,13-14H,4-7H2,1-3H3,(H,15,16)/t8-,9-,10?/m0/s1. The van der Waals surface area contributed by atoms with Crippen molar-refractivity contribution in [2.24, 2.45) is 17.3 Å². The Balaban J connectivity index is 2.36. The van der Waals surface area contributed by atoms with Crippen LogP contribution in [0, 0.1) is 17.3 Å². The molecule has 94 valence electrons. The van der Waals surface area contributed by atoms with Gasteiger partial charge in [0, 0.05) is 6.04 Å². The fourth-order valence-corrected chi connectivity index (χ4v) is 2.08. The minimum Gasteiger partial charge on any atom is -0.481 e. The zero-order valence-electron chi connectivity index (χ0n) is 10.4. The molecule has 1 unspecified atom stereocenters. The molecule has 0 aromatic heterocycles. The smallest absolute Gasteiger partial charge is 0.306 e. The lowest BCUT2D eigenvalue weighted by Gasteiger charge is -2.37. The highest BCUT2D eigenvalue weighted by Crippen LogP contribution is 2.34. The topological polar surface area (TPSA) is 69.6 Å². The number of hydrogen-bond acceptors (Lipinski definition) is 3. The van der Waals surface area contributed by atoms with Crippen molar-refractivity contribution in [3.63, 3.8) is 0 Å². The first kappa shape index (κ1) is 13.5. The maximum atomic E-state index is 10.8. The maximum absolute atomic E-state index is 10.8. The summed E-state index contributed by atoms with van der Waals surface area (Å²) in [6, 6.07) is 0.0301. The van der Waals surface area contributed by atoms with Gasteiger partial charge >= 0.3 is 5.97 Å². The van der Waals surface area contributed by atoms with Gasteiger partial charge in [0.05, 0.1) is 12.5 Å². The molecule has 0 bridgehead atoms. The van der Waals surface area contributed by atoms with Crippen molar-refractivity contribution in [2.75, 3.05) is 13.2 Å². The van der Waals surface area contributed by atoms with Crippen LogP contribution in [0.25, 0.3) is 0 Å². The summed E-state index contributed by atoms with van der Waals surface area (Å²) in [5.74, 6) is -0.643. The second kappa shape index (κ2) is 5.15. The first-order valence-corrected chi connectivity index (χ1v) is 5.93. The van der Waals surface area contributed by atoms with E-state index in [1.165, 1.54) is 0 Å². The highest BCUT2D eigenvalue weighted by molar-refractivity contribution is 5.71. The second-order valence-electron chi connectivity index (χ2n) is 5.79. The number of rotatable bonds is 5. The molecule has 4 heteroatoms. The lowest BCUT2D eigenvalue weighted by atomic mass is 9.73. The SMILES string of the molecule is CC(C)(C)C(CO)NC[C@@H]1CC[C@@H]1C(=O)O. The molecule has 16 heavy (non-hydrogen) atoms. The summed E-state index contributed by atoms with van der Waals surface area (Å²) in [5, 5.41) is 21.5. The molecule has 1 aliphatic carbocycles. The monoisotopic (exact) mass is 229 g/mol. The molecule has 0 amide bonds. The van der Waals surface area contributed by atoms with Crippen molar-refractivity contribution >= 4 is 5.97 Å².